The number of amides is 1. The molecule has 5 nitrogen and oxygen atoms in total. The van der Waals surface area contributed by atoms with E-state index in [9.17, 15) is 4.79 Å². The monoisotopic (exact) mass is 416 g/mol. The fraction of sp³-hybridized carbons (Fsp3) is 0.125. The molecule has 0 saturated carbocycles. The minimum Gasteiger partial charge on any atom is -0.483 e. The van der Waals surface area contributed by atoms with Crippen LogP contribution in [0, 0.1) is 6.92 Å². The van der Waals surface area contributed by atoms with E-state index in [1.54, 1.807) is 12.1 Å². The molecule has 0 radical (unpaired) electrons. The summed E-state index contributed by atoms with van der Waals surface area (Å²) in [5.41, 5.74) is 0.838. The molecule has 25 heavy (non-hydrogen) atoms. The number of aromatic nitrogens is 1. The Kier molecular flexibility index (Phi) is 5.54. The SMILES string of the molecule is Cc1csc(NC(=O)c2ccc(COc3c(Cl)cc(Cl)cc3Cl)o2)n1. The number of nitrogens with zero attached hydrogens (tertiary/aromatic N) is 1. The molecule has 0 spiro atoms. The predicted octanol–water partition coefficient (Wildman–Crippen LogP) is 5.84. The molecule has 2 heterocycles. The highest BCUT2D eigenvalue weighted by atomic mass is 35.5. The highest BCUT2D eigenvalue weighted by molar-refractivity contribution is 7.13. The smallest absolute Gasteiger partial charge is 0.293 e. The van der Waals surface area contributed by atoms with Crippen LogP contribution in [0.3, 0.4) is 0 Å². The lowest BCUT2D eigenvalue weighted by molar-refractivity contribution is 0.0992. The van der Waals surface area contributed by atoms with Crippen LogP contribution in [0.1, 0.15) is 22.0 Å². The molecule has 3 rings (SSSR count). The Morgan fingerprint density at radius 2 is 2.00 bits per heavy atom. The zero-order chi connectivity index (χ0) is 18.0. The van der Waals surface area contributed by atoms with Crippen LogP contribution < -0.4 is 10.1 Å². The van der Waals surface area contributed by atoms with Gasteiger partial charge in [-0.25, -0.2) is 4.98 Å². The molecule has 0 bridgehead atoms. The van der Waals surface area contributed by atoms with Crippen LogP contribution >= 0.6 is 46.1 Å². The van der Waals surface area contributed by atoms with Crippen molar-refractivity contribution in [2.45, 2.75) is 13.5 Å². The summed E-state index contributed by atoms with van der Waals surface area (Å²) in [6.45, 7) is 1.91. The van der Waals surface area contributed by atoms with Gasteiger partial charge in [0.15, 0.2) is 16.6 Å². The van der Waals surface area contributed by atoms with Crippen molar-refractivity contribution in [3.8, 4) is 5.75 Å². The van der Waals surface area contributed by atoms with E-state index in [0.29, 0.717) is 31.7 Å². The standard InChI is InChI=1S/C16H11Cl3N2O3S/c1-8-7-25-16(20-8)21-15(22)13-3-2-10(24-13)6-23-14-11(18)4-9(17)5-12(14)19/h2-5,7H,6H2,1H3,(H,20,21,22). The highest BCUT2D eigenvalue weighted by Crippen LogP contribution is 2.36. The van der Waals surface area contributed by atoms with Gasteiger partial charge in [0.05, 0.1) is 15.7 Å². The number of hydrogen-bond acceptors (Lipinski definition) is 5. The summed E-state index contributed by atoms with van der Waals surface area (Å²) in [6.07, 6.45) is 0. The third kappa shape index (κ3) is 4.46. The van der Waals surface area contributed by atoms with E-state index in [1.165, 1.54) is 23.5 Å². The molecule has 1 aromatic carbocycles. The summed E-state index contributed by atoms with van der Waals surface area (Å²) in [7, 11) is 0. The molecule has 0 fully saturated rings. The topological polar surface area (TPSA) is 64.4 Å². The van der Waals surface area contributed by atoms with Crippen LogP contribution in [0.5, 0.6) is 5.75 Å². The molecule has 130 valence electrons. The van der Waals surface area contributed by atoms with Crippen molar-refractivity contribution >= 4 is 57.2 Å². The number of furan rings is 1. The first-order chi connectivity index (χ1) is 11.9. The van der Waals surface area contributed by atoms with Crippen LogP contribution in [0.4, 0.5) is 5.13 Å². The van der Waals surface area contributed by atoms with Crippen molar-refractivity contribution in [2.75, 3.05) is 5.32 Å². The number of rotatable bonds is 5. The number of thiazole rings is 1. The largest absolute Gasteiger partial charge is 0.483 e. The van der Waals surface area contributed by atoms with E-state index < -0.39 is 0 Å². The number of ether oxygens (including phenoxy) is 1. The molecule has 9 heteroatoms. The Hall–Kier alpha value is -1.73. The molecule has 1 N–H and O–H groups in total. The number of nitrogens with one attached hydrogen (secondary N) is 1. The first-order valence-electron chi connectivity index (χ1n) is 7.02. The molecular formula is C16H11Cl3N2O3S. The second kappa shape index (κ2) is 7.66. The van der Waals surface area contributed by atoms with E-state index in [-0.39, 0.29) is 18.3 Å². The van der Waals surface area contributed by atoms with Gasteiger partial charge in [0, 0.05) is 10.4 Å². The molecule has 3 aromatic rings. The molecular weight excluding hydrogens is 407 g/mol. The number of halogens is 3. The lowest BCUT2D eigenvalue weighted by Gasteiger charge is -2.09. The van der Waals surface area contributed by atoms with Crippen molar-refractivity contribution < 1.29 is 13.9 Å². The quantitative estimate of drug-likeness (QED) is 0.566. The van der Waals surface area contributed by atoms with Crippen molar-refractivity contribution in [1.29, 1.82) is 0 Å². The zero-order valence-corrected chi connectivity index (χ0v) is 15.9. The summed E-state index contributed by atoms with van der Waals surface area (Å²) in [5, 5.41) is 6.02. The van der Waals surface area contributed by atoms with E-state index in [0.717, 1.165) is 5.69 Å². The van der Waals surface area contributed by atoms with Gasteiger partial charge in [-0.1, -0.05) is 34.8 Å². The number of anilines is 1. The van der Waals surface area contributed by atoms with Gasteiger partial charge in [-0.2, -0.15) is 0 Å². The van der Waals surface area contributed by atoms with Crippen molar-refractivity contribution in [3.63, 3.8) is 0 Å². The number of carbonyl (C=O) groups excluding carboxylic acids is 1. The summed E-state index contributed by atoms with van der Waals surface area (Å²) < 4.78 is 11.0. The second-order valence-corrected chi connectivity index (χ2v) is 7.11. The van der Waals surface area contributed by atoms with Crippen LogP contribution in [-0.4, -0.2) is 10.9 Å². The zero-order valence-electron chi connectivity index (χ0n) is 12.8. The third-order valence-electron chi connectivity index (χ3n) is 3.05. The summed E-state index contributed by atoms with van der Waals surface area (Å²) in [6, 6.07) is 6.25. The molecule has 0 atom stereocenters. The van der Waals surface area contributed by atoms with Crippen LogP contribution in [-0.2, 0) is 6.61 Å². The molecule has 0 unspecified atom stereocenters. The minimum absolute atomic E-state index is 0.0602. The summed E-state index contributed by atoms with van der Waals surface area (Å²) in [4.78, 5) is 16.3. The van der Waals surface area contributed by atoms with Crippen molar-refractivity contribution in [1.82, 2.24) is 4.98 Å². The van der Waals surface area contributed by atoms with Crippen LogP contribution in [0.15, 0.2) is 34.1 Å². The second-order valence-electron chi connectivity index (χ2n) is 5.00. The first-order valence-corrected chi connectivity index (χ1v) is 9.03. The molecule has 2 aromatic heterocycles. The maximum Gasteiger partial charge on any atom is 0.293 e. The van der Waals surface area contributed by atoms with Crippen LogP contribution in [0.2, 0.25) is 15.1 Å². The lowest BCUT2D eigenvalue weighted by atomic mass is 10.3. The molecule has 1 amide bonds. The number of aryl methyl sites for hydroxylation is 1. The van der Waals surface area contributed by atoms with E-state index >= 15 is 0 Å². The molecule has 0 aliphatic carbocycles. The van der Waals surface area contributed by atoms with E-state index in [1.807, 2.05) is 12.3 Å². The lowest BCUT2D eigenvalue weighted by Crippen LogP contribution is -2.10. The first kappa shape index (κ1) is 18.1. The number of carbonyl (C=O) groups is 1. The highest BCUT2D eigenvalue weighted by Gasteiger charge is 2.15. The maximum absolute atomic E-state index is 12.1. The van der Waals surface area contributed by atoms with Gasteiger partial charge in [0.1, 0.15) is 12.4 Å². The number of benzene rings is 1. The Balaban J connectivity index is 1.65. The van der Waals surface area contributed by atoms with E-state index in [2.05, 4.69) is 10.3 Å². The van der Waals surface area contributed by atoms with E-state index in [4.69, 9.17) is 44.0 Å². The Morgan fingerprint density at radius 3 is 2.64 bits per heavy atom. The fourth-order valence-electron chi connectivity index (χ4n) is 1.96. The van der Waals surface area contributed by atoms with Crippen LogP contribution in [0.25, 0.3) is 0 Å². The van der Waals surface area contributed by atoms with Gasteiger partial charge in [0.25, 0.3) is 5.91 Å². The Labute approximate surface area is 162 Å². The van der Waals surface area contributed by atoms with Gasteiger partial charge in [-0.15, -0.1) is 11.3 Å². The van der Waals surface area contributed by atoms with Gasteiger partial charge < -0.3 is 9.15 Å². The number of hydrogen-bond donors (Lipinski definition) is 1. The molecule has 0 aliphatic rings. The average Bonchev–Trinajstić information content (AvgIpc) is 3.15. The summed E-state index contributed by atoms with van der Waals surface area (Å²) >= 11 is 19.3. The maximum atomic E-state index is 12.1. The summed E-state index contributed by atoms with van der Waals surface area (Å²) in [5.74, 6) is 0.513. The molecule has 0 aliphatic heterocycles. The normalized spacial score (nSPS) is 10.7. The van der Waals surface area contributed by atoms with Crippen molar-refractivity contribution in [3.05, 3.63) is 61.9 Å². The van der Waals surface area contributed by atoms with Gasteiger partial charge in [0.2, 0.25) is 0 Å². The minimum atomic E-state index is -0.386. The van der Waals surface area contributed by atoms with Gasteiger partial charge in [-0.3, -0.25) is 10.1 Å². The predicted molar refractivity (Wildman–Crippen MR) is 99.3 cm³/mol. The Morgan fingerprint density at radius 1 is 1.28 bits per heavy atom. The average molecular weight is 418 g/mol. The Bertz CT molecular complexity index is 900. The molecule has 0 saturated heterocycles. The van der Waals surface area contributed by atoms with Gasteiger partial charge >= 0.3 is 0 Å². The third-order valence-corrected chi connectivity index (χ3v) is 4.70. The van der Waals surface area contributed by atoms with Crippen molar-refractivity contribution in [2.24, 2.45) is 0 Å². The fourth-order valence-corrected chi connectivity index (χ4v) is 3.57. The van der Waals surface area contributed by atoms with Gasteiger partial charge in [-0.05, 0) is 31.2 Å².